The molecule has 3 N–H and O–H groups in total. The highest BCUT2D eigenvalue weighted by atomic mass is 14.9. The Balaban J connectivity index is 1.24. The van der Waals surface area contributed by atoms with Crippen LogP contribution in [0.1, 0.15) is 157 Å². The maximum absolute atomic E-state index is 5.60. The van der Waals surface area contributed by atoms with E-state index in [-0.39, 0.29) is 0 Å². The molecule has 4 aliphatic rings. The number of allylic oxidation sites excluding steroid dienone is 1. The van der Waals surface area contributed by atoms with Gasteiger partial charge in [0.15, 0.2) is 0 Å². The molecule has 0 heterocycles. The lowest BCUT2D eigenvalue weighted by Crippen LogP contribution is -2.51. The average Bonchev–Trinajstić information content (AvgIpc) is 3.27. The number of fused-ring (bicyclic) bond motifs is 5. The average molecular weight is 541 g/mol. The third kappa shape index (κ3) is 7.55. The van der Waals surface area contributed by atoms with Crippen LogP contribution in [0.5, 0.6) is 0 Å². The molecular formula is C37H68N2. The van der Waals surface area contributed by atoms with Gasteiger partial charge in [-0.05, 0) is 124 Å². The minimum absolute atomic E-state index is 0.493. The van der Waals surface area contributed by atoms with Gasteiger partial charge in [0.2, 0.25) is 0 Å². The highest BCUT2D eigenvalue weighted by Crippen LogP contribution is 2.67. The molecule has 4 rings (SSSR count). The van der Waals surface area contributed by atoms with E-state index >= 15 is 0 Å². The zero-order valence-electron chi connectivity index (χ0n) is 27.0. The summed E-state index contributed by atoms with van der Waals surface area (Å²) in [6.07, 6.45) is 29.7. The largest absolute Gasteiger partial charge is 0.330 e. The van der Waals surface area contributed by atoms with Gasteiger partial charge in [0.05, 0.1) is 0 Å². The number of hydrogen-bond donors (Lipinski definition) is 2. The van der Waals surface area contributed by atoms with E-state index in [9.17, 15) is 0 Å². The molecule has 3 fully saturated rings. The molecule has 4 aliphatic carbocycles. The Morgan fingerprint density at radius 1 is 0.795 bits per heavy atom. The summed E-state index contributed by atoms with van der Waals surface area (Å²) in [6.45, 7) is 14.9. The fraction of sp³-hybridized carbons (Fsp3) is 0.946. The summed E-state index contributed by atoms with van der Waals surface area (Å²) in [5.41, 5.74) is 8.57. The monoisotopic (exact) mass is 541 g/mol. The Labute approximate surface area is 244 Å². The van der Waals surface area contributed by atoms with Crippen LogP contribution >= 0.6 is 0 Å². The second-order valence-electron chi connectivity index (χ2n) is 15.8. The Kier molecular flexibility index (Phi) is 11.9. The molecular weight excluding hydrogens is 472 g/mol. The summed E-state index contributed by atoms with van der Waals surface area (Å²) >= 11 is 0. The zero-order valence-corrected chi connectivity index (χ0v) is 27.0. The molecule has 0 unspecified atom stereocenters. The van der Waals surface area contributed by atoms with Crippen molar-refractivity contribution in [1.82, 2.24) is 5.32 Å². The van der Waals surface area contributed by atoms with Gasteiger partial charge in [-0.25, -0.2) is 0 Å². The van der Waals surface area contributed by atoms with Crippen LogP contribution < -0.4 is 11.1 Å². The molecule has 0 aromatic carbocycles. The first-order valence-electron chi connectivity index (χ1n) is 17.9. The van der Waals surface area contributed by atoms with Gasteiger partial charge in [0, 0.05) is 6.04 Å². The molecule has 0 aromatic heterocycles. The van der Waals surface area contributed by atoms with Crippen LogP contribution in [0, 0.1) is 46.3 Å². The maximum Gasteiger partial charge on any atom is 0.0253 e. The second kappa shape index (κ2) is 14.7. The van der Waals surface area contributed by atoms with Gasteiger partial charge in [-0.3, -0.25) is 0 Å². The topological polar surface area (TPSA) is 38.0 Å². The van der Waals surface area contributed by atoms with Crippen molar-refractivity contribution in [3.63, 3.8) is 0 Å². The number of rotatable bonds is 16. The lowest BCUT2D eigenvalue weighted by molar-refractivity contribution is -0.0599. The molecule has 39 heavy (non-hydrogen) atoms. The van der Waals surface area contributed by atoms with Gasteiger partial charge < -0.3 is 11.1 Å². The first kappa shape index (κ1) is 31.6. The van der Waals surface area contributed by atoms with Gasteiger partial charge in [-0.15, -0.1) is 0 Å². The summed E-state index contributed by atoms with van der Waals surface area (Å²) in [5.74, 6) is 5.73. The summed E-state index contributed by atoms with van der Waals surface area (Å²) in [6, 6.07) is 0.636. The maximum atomic E-state index is 5.60. The van der Waals surface area contributed by atoms with Crippen molar-refractivity contribution in [2.45, 2.75) is 163 Å². The van der Waals surface area contributed by atoms with E-state index in [1.165, 1.54) is 129 Å². The molecule has 0 amide bonds. The van der Waals surface area contributed by atoms with Crippen LogP contribution in [-0.4, -0.2) is 19.1 Å². The predicted octanol–water partition coefficient (Wildman–Crippen LogP) is 10.1. The van der Waals surface area contributed by atoms with Crippen LogP contribution in [0.4, 0.5) is 0 Å². The molecule has 0 bridgehead atoms. The van der Waals surface area contributed by atoms with E-state index in [2.05, 4.69) is 46.0 Å². The number of nitrogens with two attached hydrogens (primary N) is 1. The third-order valence-electron chi connectivity index (χ3n) is 12.9. The van der Waals surface area contributed by atoms with Crippen LogP contribution in [-0.2, 0) is 0 Å². The highest BCUT2D eigenvalue weighted by Gasteiger charge is 2.59. The lowest BCUT2D eigenvalue weighted by Gasteiger charge is -2.59. The van der Waals surface area contributed by atoms with E-state index in [0.717, 1.165) is 42.1 Å². The molecule has 2 heteroatoms. The van der Waals surface area contributed by atoms with Crippen molar-refractivity contribution < 1.29 is 0 Å². The van der Waals surface area contributed by atoms with Gasteiger partial charge in [0.1, 0.15) is 0 Å². The highest BCUT2D eigenvalue weighted by molar-refractivity contribution is 5.26. The van der Waals surface area contributed by atoms with Crippen molar-refractivity contribution in [1.29, 1.82) is 0 Å². The Morgan fingerprint density at radius 2 is 1.51 bits per heavy atom. The quantitative estimate of drug-likeness (QED) is 0.151. The Bertz CT molecular complexity index is 757. The fourth-order valence-corrected chi connectivity index (χ4v) is 10.5. The summed E-state index contributed by atoms with van der Waals surface area (Å²) < 4.78 is 0. The number of unbranched alkanes of at least 4 members (excludes halogenated alkanes) is 7. The fourth-order valence-electron chi connectivity index (χ4n) is 10.5. The summed E-state index contributed by atoms with van der Waals surface area (Å²) in [4.78, 5) is 0. The second-order valence-corrected chi connectivity index (χ2v) is 15.8. The van der Waals surface area contributed by atoms with Crippen molar-refractivity contribution in [3.8, 4) is 0 Å². The first-order valence-corrected chi connectivity index (χ1v) is 17.9. The molecule has 8 atom stereocenters. The third-order valence-corrected chi connectivity index (χ3v) is 12.9. The molecule has 0 aromatic rings. The Morgan fingerprint density at radius 3 is 2.23 bits per heavy atom. The van der Waals surface area contributed by atoms with Gasteiger partial charge in [-0.1, -0.05) is 104 Å². The first-order chi connectivity index (χ1) is 18.8. The van der Waals surface area contributed by atoms with E-state index in [1.54, 1.807) is 0 Å². The standard InChI is InChI=1S/C37H68N2/c1-28(2)15-14-16-29(3)33-19-20-34-32-18-17-30-27-31(39-26-13-11-9-7-6-8-10-12-25-38)21-23-36(30,4)35(32)22-24-37(33,34)5/h27-29,31-35,39H,6-26,38H2,1-5H3/t29-,31+,32+,33-,34+,35+,36+,37-/m1/s1. The van der Waals surface area contributed by atoms with Crippen molar-refractivity contribution in [3.05, 3.63) is 11.6 Å². The minimum Gasteiger partial charge on any atom is -0.330 e. The van der Waals surface area contributed by atoms with Gasteiger partial charge >= 0.3 is 0 Å². The minimum atomic E-state index is 0.493. The normalized spacial score (nSPS) is 36.8. The number of hydrogen-bond acceptors (Lipinski definition) is 2. The van der Waals surface area contributed by atoms with Crippen LogP contribution in [0.2, 0.25) is 0 Å². The lowest BCUT2D eigenvalue weighted by atomic mass is 9.46. The van der Waals surface area contributed by atoms with Gasteiger partial charge in [-0.2, -0.15) is 0 Å². The van der Waals surface area contributed by atoms with Crippen molar-refractivity contribution in [2.24, 2.45) is 52.1 Å². The van der Waals surface area contributed by atoms with Crippen molar-refractivity contribution >= 4 is 0 Å². The van der Waals surface area contributed by atoms with E-state index in [0.29, 0.717) is 16.9 Å². The zero-order chi connectivity index (χ0) is 27.9. The molecule has 0 saturated heterocycles. The van der Waals surface area contributed by atoms with Crippen LogP contribution in [0.3, 0.4) is 0 Å². The summed E-state index contributed by atoms with van der Waals surface area (Å²) in [5, 5.41) is 3.96. The van der Waals surface area contributed by atoms with Gasteiger partial charge in [0.25, 0.3) is 0 Å². The van der Waals surface area contributed by atoms with E-state index < -0.39 is 0 Å². The smallest absolute Gasteiger partial charge is 0.0253 e. The molecule has 3 saturated carbocycles. The molecule has 226 valence electrons. The predicted molar refractivity (Wildman–Crippen MR) is 171 cm³/mol. The van der Waals surface area contributed by atoms with E-state index in [1.807, 2.05) is 5.57 Å². The van der Waals surface area contributed by atoms with Crippen LogP contribution in [0.15, 0.2) is 11.6 Å². The Hall–Kier alpha value is -0.340. The molecule has 0 radical (unpaired) electrons. The molecule has 2 nitrogen and oxygen atoms in total. The van der Waals surface area contributed by atoms with E-state index in [4.69, 9.17) is 5.73 Å². The van der Waals surface area contributed by atoms with Crippen LogP contribution in [0.25, 0.3) is 0 Å². The summed E-state index contributed by atoms with van der Waals surface area (Å²) in [7, 11) is 0. The molecule has 0 spiro atoms. The van der Waals surface area contributed by atoms with Crippen molar-refractivity contribution in [2.75, 3.05) is 13.1 Å². The number of nitrogens with one attached hydrogen (secondary N) is 1. The molecule has 0 aliphatic heterocycles. The SMILES string of the molecule is CC(C)CCC[C@@H](C)[C@H]1CC[C@H]2[C@@H]3CCC4=C[C@@H](NCCCCCCCCCCN)CC[C@]4(C)[C@H]3CC[C@]12C.